The first-order valence-corrected chi connectivity index (χ1v) is 5.06. The van der Waals surface area contributed by atoms with Crippen LogP contribution in [0.25, 0.3) is 0 Å². The van der Waals surface area contributed by atoms with Crippen molar-refractivity contribution >= 4 is 0 Å². The topological polar surface area (TPSA) is 23.8 Å². The predicted molar refractivity (Wildman–Crippen MR) is 45.9 cm³/mol. The quantitative estimate of drug-likeness (QED) is 0.534. The van der Waals surface area contributed by atoms with E-state index in [0.717, 1.165) is 17.8 Å². The van der Waals surface area contributed by atoms with Crippen LogP contribution in [0.1, 0.15) is 32.1 Å². The van der Waals surface area contributed by atoms with Crippen LogP contribution in [0.2, 0.25) is 0 Å². The number of hydrogen-bond acceptors (Lipinski definition) is 1. The van der Waals surface area contributed by atoms with Crippen LogP contribution in [0.15, 0.2) is 0 Å². The molecule has 1 nitrogen and oxygen atoms in total. The average Bonchev–Trinajstić information content (AvgIpc) is 2.02. The third-order valence-corrected chi connectivity index (χ3v) is 4.04. The van der Waals surface area contributed by atoms with E-state index in [9.17, 15) is 0 Å². The zero-order valence-corrected chi connectivity index (χ0v) is 7.29. The summed E-state index contributed by atoms with van der Waals surface area (Å²) in [7, 11) is 0. The molecule has 1 radical (unpaired) electrons. The largest absolute Gasteiger partial charge is 0.198 e. The molecule has 0 N–H and O–H groups in total. The fraction of sp³-hybridized carbons (Fsp3) is 0.818. The van der Waals surface area contributed by atoms with Crippen molar-refractivity contribution in [2.45, 2.75) is 32.1 Å². The van der Waals surface area contributed by atoms with Crippen molar-refractivity contribution in [1.82, 2.24) is 0 Å². The van der Waals surface area contributed by atoms with Gasteiger partial charge in [0, 0.05) is 0 Å². The maximum atomic E-state index is 9.17. The summed E-state index contributed by atoms with van der Waals surface area (Å²) in [6.45, 7) is 0. The van der Waals surface area contributed by atoms with Gasteiger partial charge in [0.1, 0.15) is 0 Å². The lowest BCUT2D eigenvalue weighted by molar-refractivity contribution is 0.0203. The highest BCUT2D eigenvalue weighted by Gasteiger charge is 2.51. The van der Waals surface area contributed by atoms with Crippen LogP contribution in [0.5, 0.6) is 0 Å². The van der Waals surface area contributed by atoms with Gasteiger partial charge in [0.15, 0.2) is 0 Å². The standard InChI is InChI=1S/C11H14N/c12-7-11-4-8-1-9(5-11)3-10(2-8)6-11/h1,8-10H,2-6H2. The van der Waals surface area contributed by atoms with Gasteiger partial charge in [-0.3, -0.25) is 0 Å². The normalized spacial score (nSPS) is 55.4. The van der Waals surface area contributed by atoms with Gasteiger partial charge in [-0.15, -0.1) is 0 Å². The summed E-state index contributed by atoms with van der Waals surface area (Å²) in [6.07, 6.45) is 8.88. The Morgan fingerprint density at radius 2 is 1.83 bits per heavy atom. The van der Waals surface area contributed by atoms with Gasteiger partial charge in [0.05, 0.1) is 11.5 Å². The molecule has 4 aliphatic carbocycles. The van der Waals surface area contributed by atoms with Gasteiger partial charge >= 0.3 is 0 Å². The van der Waals surface area contributed by atoms with Crippen molar-refractivity contribution in [3.63, 3.8) is 0 Å². The van der Waals surface area contributed by atoms with E-state index in [1.54, 1.807) is 0 Å². The third kappa shape index (κ3) is 0.787. The SMILES string of the molecule is N#CC12CC3[CH]C(CC(C3)C1)C2. The first-order chi connectivity index (χ1) is 5.80. The van der Waals surface area contributed by atoms with Crippen molar-refractivity contribution < 1.29 is 0 Å². The Labute approximate surface area is 73.8 Å². The molecule has 0 amide bonds. The van der Waals surface area contributed by atoms with E-state index in [1.165, 1.54) is 32.1 Å². The minimum absolute atomic E-state index is 0.116. The lowest BCUT2D eigenvalue weighted by Crippen LogP contribution is -2.45. The maximum Gasteiger partial charge on any atom is 0.0690 e. The Kier molecular flexibility index (Phi) is 1.18. The lowest BCUT2D eigenvalue weighted by atomic mass is 9.50. The Morgan fingerprint density at radius 3 is 2.33 bits per heavy atom. The van der Waals surface area contributed by atoms with E-state index in [2.05, 4.69) is 12.5 Å². The van der Waals surface area contributed by atoms with Crippen LogP contribution in [0, 0.1) is 40.9 Å². The molecule has 0 aromatic rings. The van der Waals surface area contributed by atoms with E-state index in [-0.39, 0.29) is 5.41 Å². The predicted octanol–water partition coefficient (Wildman–Crippen LogP) is 2.54. The van der Waals surface area contributed by atoms with Gasteiger partial charge < -0.3 is 0 Å². The molecule has 0 aliphatic heterocycles. The van der Waals surface area contributed by atoms with E-state index in [4.69, 9.17) is 5.26 Å². The second-order valence-corrected chi connectivity index (χ2v) is 5.05. The van der Waals surface area contributed by atoms with Crippen LogP contribution < -0.4 is 0 Å². The van der Waals surface area contributed by atoms with Crippen LogP contribution in [-0.4, -0.2) is 0 Å². The Hall–Kier alpha value is -0.510. The first kappa shape index (κ1) is 6.95. The van der Waals surface area contributed by atoms with Gasteiger partial charge in [0.2, 0.25) is 0 Å². The van der Waals surface area contributed by atoms with Gasteiger partial charge in [-0.05, 0) is 56.3 Å². The van der Waals surface area contributed by atoms with E-state index in [0.29, 0.717) is 0 Å². The molecule has 63 valence electrons. The highest BCUT2D eigenvalue weighted by atomic mass is 14.6. The molecule has 4 saturated carbocycles. The Balaban J connectivity index is 1.97. The van der Waals surface area contributed by atoms with Gasteiger partial charge in [-0.25, -0.2) is 0 Å². The molecule has 0 aromatic carbocycles. The molecule has 4 rings (SSSR count). The molecule has 0 saturated heterocycles. The highest BCUT2D eigenvalue weighted by molar-refractivity contribution is 5.15. The zero-order chi connectivity index (χ0) is 8.18. The van der Waals surface area contributed by atoms with Crippen LogP contribution >= 0.6 is 0 Å². The monoisotopic (exact) mass is 160 g/mol. The Bertz CT molecular complexity index is 213. The molecule has 4 bridgehead atoms. The fourth-order valence-corrected chi connectivity index (χ4v) is 3.91. The van der Waals surface area contributed by atoms with E-state index < -0.39 is 0 Å². The minimum atomic E-state index is 0.116. The summed E-state index contributed by atoms with van der Waals surface area (Å²) in [5.74, 6) is 2.50. The number of nitrogens with zero attached hydrogens (tertiary/aromatic N) is 1. The molecule has 4 aliphatic rings. The smallest absolute Gasteiger partial charge is 0.0690 e. The summed E-state index contributed by atoms with van der Waals surface area (Å²) in [5, 5.41) is 9.17. The van der Waals surface area contributed by atoms with Crippen molar-refractivity contribution in [2.75, 3.05) is 0 Å². The second-order valence-electron chi connectivity index (χ2n) is 5.05. The molecule has 12 heavy (non-hydrogen) atoms. The molecule has 0 heterocycles. The highest BCUT2D eigenvalue weighted by Crippen LogP contribution is 2.59. The summed E-state index contributed by atoms with van der Waals surface area (Å²) in [5.41, 5.74) is 0.116. The maximum absolute atomic E-state index is 9.17. The second kappa shape index (κ2) is 2.05. The molecular weight excluding hydrogens is 146 g/mol. The number of rotatable bonds is 0. The van der Waals surface area contributed by atoms with E-state index >= 15 is 0 Å². The molecular formula is C11H14N. The van der Waals surface area contributed by atoms with Crippen LogP contribution in [0.3, 0.4) is 0 Å². The van der Waals surface area contributed by atoms with Crippen molar-refractivity contribution in [1.29, 1.82) is 5.26 Å². The first-order valence-electron chi connectivity index (χ1n) is 5.06. The Morgan fingerprint density at radius 1 is 1.17 bits per heavy atom. The summed E-state index contributed by atoms with van der Waals surface area (Å²) < 4.78 is 0. The number of nitriles is 1. The molecule has 0 aromatic heterocycles. The van der Waals surface area contributed by atoms with Gasteiger partial charge in [-0.1, -0.05) is 0 Å². The van der Waals surface area contributed by atoms with Crippen LogP contribution in [-0.2, 0) is 0 Å². The van der Waals surface area contributed by atoms with Crippen molar-refractivity contribution in [3.8, 4) is 6.07 Å². The van der Waals surface area contributed by atoms with Crippen molar-refractivity contribution in [3.05, 3.63) is 6.42 Å². The van der Waals surface area contributed by atoms with E-state index in [1.807, 2.05) is 0 Å². The molecule has 0 spiro atoms. The fourth-order valence-electron chi connectivity index (χ4n) is 3.91. The summed E-state index contributed by atoms with van der Waals surface area (Å²) in [6, 6.07) is 2.59. The zero-order valence-electron chi connectivity index (χ0n) is 7.29. The van der Waals surface area contributed by atoms with Gasteiger partial charge in [0.25, 0.3) is 0 Å². The number of hydrogen-bond donors (Lipinski definition) is 0. The van der Waals surface area contributed by atoms with Crippen LogP contribution in [0.4, 0.5) is 0 Å². The summed E-state index contributed by atoms with van der Waals surface area (Å²) >= 11 is 0. The average molecular weight is 160 g/mol. The molecule has 1 heteroatoms. The lowest BCUT2D eigenvalue weighted by Gasteiger charge is -2.53. The van der Waals surface area contributed by atoms with Crippen molar-refractivity contribution in [2.24, 2.45) is 23.2 Å². The molecule has 2 unspecified atom stereocenters. The molecule has 4 fully saturated rings. The minimum Gasteiger partial charge on any atom is -0.198 e. The summed E-state index contributed by atoms with van der Waals surface area (Å²) in [4.78, 5) is 0. The third-order valence-electron chi connectivity index (χ3n) is 4.04. The van der Waals surface area contributed by atoms with Gasteiger partial charge in [-0.2, -0.15) is 5.26 Å². The molecule has 2 atom stereocenters.